The number of benzene rings is 1. The lowest BCUT2D eigenvalue weighted by Gasteiger charge is -2.34. The van der Waals surface area contributed by atoms with Crippen molar-refractivity contribution in [2.24, 2.45) is 5.92 Å². The molecule has 0 bridgehead atoms. The largest absolute Gasteiger partial charge is 0.385 e. The van der Waals surface area contributed by atoms with Crippen LogP contribution >= 0.6 is 0 Å². The maximum absolute atomic E-state index is 12.8. The number of rotatable bonds is 6. The highest BCUT2D eigenvalue weighted by molar-refractivity contribution is 5.93. The SMILES string of the molecule is CC(C)CNc1ccnc(C(=O)N2CCN(Cc3ccccc3)CC2)c1. The van der Waals surface area contributed by atoms with E-state index in [4.69, 9.17) is 0 Å². The van der Waals surface area contributed by atoms with Crippen molar-refractivity contribution in [3.05, 3.63) is 59.9 Å². The second-order valence-electron chi connectivity index (χ2n) is 7.26. The number of amides is 1. The molecule has 0 unspecified atom stereocenters. The number of carbonyl (C=O) groups is 1. The number of carbonyl (C=O) groups excluding carboxylic acids is 1. The molecule has 2 heterocycles. The highest BCUT2D eigenvalue weighted by Crippen LogP contribution is 2.14. The number of hydrogen-bond acceptors (Lipinski definition) is 4. The Balaban J connectivity index is 1.54. The molecule has 0 atom stereocenters. The highest BCUT2D eigenvalue weighted by Gasteiger charge is 2.23. The number of aromatic nitrogens is 1. The molecule has 1 N–H and O–H groups in total. The summed E-state index contributed by atoms with van der Waals surface area (Å²) in [5.74, 6) is 0.581. The maximum Gasteiger partial charge on any atom is 0.272 e. The van der Waals surface area contributed by atoms with Crippen LogP contribution in [0.15, 0.2) is 48.7 Å². The van der Waals surface area contributed by atoms with Crippen LogP contribution in [0.25, 0.3) is 0 Å². The minimum atomic E-state index is 0.0255. The number of anilines is 1. The summed E-state index contributed by atoms with van der Waals surface area (Å²) in [5, 5.41) is 3.36. The summed E-state index contributed by atoms with van der Waals surface area (Å²) < 4.78 is 0. The van der Waals surface area contributed by atoms with Crippen LogP contribution in [0.5, 0.6) is 0 Å². The number of nitrogens with zero attached hydrogens (tertiary/aromatic N) is 3. The average Bonchev–Trinajstić information content (AvgIpc) is 2.67. The second kappa shape index (κ2) is 8.81. The maximum atomic E-state index is 12.8. The Morgan fingerprint density at radius 3 is 2.54 bits per heavy atom. The first-order valence-corrected chi connectivity index (χ1v) is 9.37. The summed E-state index contributed by atoms with van der Waals surface area (Å²) in [5.41, 5.74) is 2.80. The Morgan fingerprint density at radius 1 is 1.12 bits per heavy atom. The lowest BCUT2D eigenvalue weighted by Crippen LogP contribution is -2.48. The molecule has 0 radical (unpaired) electrons. The van der Waals surface area contributed by atoms with E-state index in [0.717, 1.165) is 45.0 Å². The van der Waals surface area contributed by atoms with Crippen LogP contribution in [0.1, 0.15) is 29.9 Å². The minimum Gasteiger partial charge on any atom is -0.385 e. The van der Waals surface area contributed by atoms with Crippen LogP contribution in [-0.4, -0.2) is 53.4 Å². The van der Waals surface area contributed by atoms with Crippen molar-refractivity contribution < 1.29 is 4.79 Å². The van der Waals surface area contributed by atoms with Gasteiger partial charge < -0.3 is 10.2 Å². The average molecular weight is 352 g/mol. The zero-order chi connectivity index (χ0) is 18.4. The van der Waals surface area contributed by atoms with E-state index >= 15 is 0 Å². The molecule has 26 heavy (non-hydrogen) atoms. The normalized spacial score (nSPS) is 15.3. The topological polar surface area (TPSA) is 48.5 Å². The van der Waals surface area contributed by atoms with Crippen LogP contribution in [0.2, 0.25) is 0 Å². The van der Waals surface area contributed by atoms with Gasteiger partial charge in [-0.3, -0.25) is 14.7 Å². The standard InChI is InChI=1S/C21H28N4O/c1-17(2)15-23-19-8-9-22-20(14-19)21(26)25-12-10-24(11-13-25)16-18-6-4-3-5-7-18/h3-9,14,17H,10-13,15-16H2,1-2H3,(H,22,23). The summed E-state index contributed by atoms with van der Waals surface area (Å²) in [7, 11) is 0. The molecular weight excluding hydrogens is 324 g/mol. The van der Waals surface area contributed by atoms with Crippen LogP contribution in [0.4, 0.5) is 5.69 Å². The summed E-state index contributed by atoms with van der Waals surface area (Å²) >= 11 is 0. The van der Waals surface area contributed by atoms with Gasteiger partial charge in [0.1, 0.15) is 5.69 Å². The van der Waals surface area contributed by atoms with Gasteiger partial charge in [-0.05, 0) is 23.6 Å². The van der Waals surface area contributed by atoms with E-state index in [1.807, 2.05) is 23.1 Å². The molecule has 1 amide bonds. The lowest BCUT2D eigenvalue weighted by molar-refractivity contribution is 0.0623. The van der Waals surface area contributed by atoms with E-state index in [-0.39, 0.29) is 5.91 Å². The summed E-state index contributed by atoms with van der Waals surface area (Å²) in [6.07, 6.45) is 1.71. The summed E-state index contributed by atoms with van der Waals surface area (Å²) in [4.78, 5) is 21.4. The van der Waals surface area contributed by atoms with Crippen molar-refractivity contribution in [2.45, 2.75) is 20.4 Å². The molecule has 1 aliphatic rings. The fourth-order valence-corrected chi connectivity index (χ4v) is 3.09. The first-order valence-electron chi connectivity index (χ1n) is 9.37. The Kier molecular flexibility index (Phi) is 6.23. The summed E-state index contributed by atoms with van der Waals surface area (Å²) in [6, 6.07) is 14.3. The van der Waals surface area contributed by atoms with Gasteiger partial charge in [0.05, 0.1) is 0 Å². The first kappa shape index (κ1) is 18.4. The number of piperazine rings is 1. The van der Waals surface area contributed by atoms with Gasteiger partial charge in [-0.15, -0.1) is 0 Å². The van der Waals surface area contributed by atoms with Crippen LogP contribution in [0, 0.1) is 5.92 Å². The smallest absolute Gasteiger partial charge is 0.272 e. The van der Waals surface area contributed by atoms with Crippen molar-refractivity contribution in [1.82, 2.24) is 14.8 Å². The molecule has 1 aromatic carbocycles. The van der Waals surface area contributed by atoms with E-state index in [9.17, 15) is 4.79 Å². The fraction of sp³-hybridized carbons (Fsp3) is 0.429. The third-order valence-corrected chi connectivity index (χ3v) is 4.60. The van der Waals surface area contributed by atoms with Gasteiger partial charge in [-0.1, -0.05) is 44.2 Å². The van der Waals surface area contributed by atoms with Gasteiger partial charge in [0.2, 0.25) is 0 Å². The van der Waals surface area contributed by atoms with Gasteiger partial charge >= 0.3 is 0 Å². The van der Waals surface area contributed by atoms with E-state index < -0.39 is 0 Å². The number of hydrogen-bond donors (Lipinski definition) is 1. The molecule has 1 fully saturated rings. The number of nitrogens with one attached hydrogen (secondary N) is 1. The molecule has 138 valence electrons. The van der Waals surface area contributed by atoms with E-state index in [1.165, 1.54) is 5.56 Å². The third kappa shape index (κ3) is 5.05. The predicted molar refractivity (Wildman–Crippen MR) is 105 cm³/mol. The molecule has 5 heteroatoms. The van der Waals surface area contributed by atoms with Crippen LogP contribution < -0.4 is 5.32 Å². The van der Waals surface area contributed by atoms with Gasteiger partial charge in [0, 0.05) is 51.2 Å². The van der Waals surface area contributed by atoms with Gasteiger partial charge in [-0.25, -0.2) is 0 Å². The van der Waals surface area contributed by atoms with E-state index in [1.54, 1.807) is 6.20 Å². The number of pyridine rings is 1. The minimum absolute atomic E-state index is 0.0255. The van der Waals surface area contributed by atoms with Gasteiger partial charge in [-0.2, -0.15) is 0 Å². The highest BCUT2D eigenvalue weighted by atomic mass is 16.2. The molecule has 0 spiro atoms. The fourth-order valence-electron chi connectivity index (χ4n) is 3.09. The molecule has 0 saturated carbocycles. The van der Waals surface area contributed by atoms with E-state index in [0.29, 0.717) is 11.6 Å². The van der Waals surface area contributed by atoms with Gasteiger partial charge in [0.15, 0.2) is 0 Å². The van der Waals surface area contributed by atoms with Gasteiger partial charge in [0.25, 0.3) is 5.91 Å². The predicted octanol–water partition coefficient (Wildman–Crippen LogP) is 3.11. The molecular formula is C21H28N4O. The second-order valence-corrected chi connectivity index (χ2v) is 7.26. The van der Waals surface area contributed by atoms with Crippen molar-refractivity contribution in [1.29, 1.82) is 0 Å². The quantitative estimate of drug-likeness (QED) is 0.868. The monoisotopic (exact) mass is 352 g/mol. The zero-order valence-electron chi connectivity index (χ0n) is 15.7. The molecule has 3 rings (SSSR count). The molecule has 1 aliphatic heterocycles. The Hall–Kier alpha value is -2.40. The van der Waals surface area contributed by atoms with Crippen molar-refractivity contribution in [3.8, 4) is 0 Å². The van der Waals surface area contributed by atoms with Crippen LogP contribution in [0.3, 0.4) is 0 Å². The zero-order valence-corrected chi connectivity index (χ0v) is 15.7. The molecule has 2 aromatic rings. The Labute approximate surface area is 156 Å². The van der Waals surface area contributed by atoms with Crippen molar-refractivity contribution in [3.63, 3.8) is 0 Å². The van der Waals surface area contributed by atoms with E-state index in [2.05, 4.69) is 53.3 Å². The van der Waals surface area contributed by atoms with Crippen molar-refractivity contribution in [2.75, 3.05) is 38.0 Å². The Morgan fingerprint density at radius 2 is 1.85 bits per heavy atom. The first-order chi connectivity index (χ1) is 12.6. The summed E-state index contributed by atoms with van der Waals surface area (Å²) in [6.45, 7) is 9.43. The molecule has 1 aromatic heterocycles. The van der Waals surface area contributed by atoms with Crippen molar-refractivity contribution >= 4 is 11.6 Å². The van der Waals surface area contributed by atoms with Crippen LogP contribution in [-0.2, 0) is 6.54 Å². The molecule has 5 nitrogen and oxygen atoms in total. The Bertz CT molecular complexity index is 709. The third-order valence-electron chi connectivity index (χ3n) is 4.60. The molecule has 0 aliphatic carbocycles. The molecule has 1 saturated heterocycles. The lowest BCUT2D eigenvalue weighted by atomic mass is 10.2.